The van der Waals surface area contributed by atoms with E-state index in [2.05, 4.69) is 0 Å². The van der Waals surface area contributed by atoms with Gasteiger partial charge < -0.3 is 19.3 Å². The molecule has 1 aliphatic heterocycles. The highest BCUT2D eigenvalue weighted by atomic mass is 16.5. The number of carbonyl (C=O) groups excluding carboxylic acids is 2. The Morgan fingerprint density at radius 3 is 2.38 bits per heavy atom. The molecule has 1 fully saturated rings. The highest BCUT2D eigenvalue weighted by Crippen LogP contribution is 2.24. The molecule has 0 N–H and O–H groups in total. The number of benzene rings is 1. The van der Waals surface area contributed by atoms with Gasteiger partial charge in [0.1, 0.15) is 5.75 Å². The molecule has 132 valence electrons. The standard InChI is InChI=1S/C18H26N2O4/c1-5-24-16-12-13(2)15(11-14(16)3)17(21)19-7-6-8-20(10-9-19)18(22)23-4/h11-12H,5-10H2,1-4H3. The minimum absolute atomic E-state index is 0.00497. The maximum absolute atomic E-state index is 12.9. The lowest BCUT2D eigenvalue weighted by molar-refractivity contribution is 0.0756. The van der Waals surface area contributed by atoms with Crippen LogP contribution >= 0.6 is 0 Å². The molecule has 2 rings (SSSR count). The monoisotopic (exact) mass is 334 g/mol. The van der Waals surface area contributed by atoms with Gasteiger partial charge in [0.15, 0.2) is 0 Å². The minimum Gasteiger partial charge on any atom is -0.494 e. The van der Waals surface area contributed by atoms with Crippen molar-refractivity contribution in [1.29, 1.82) is 0 Å². The zero-order valence-corrected chi connectivity index (χ0v) is 14.9. The molecule has 0 atom stereocenters. The van der Waals surface area contributed by atoms with E-state index < -0.39 is 0 Å². The van der Waals surface area contributed by atoms with Crippen LogP contribution in [-0.2, 0) is 4.74 Å². The summed E-state index contributed by atoms with van der Waals surface area (Å²) in [5.74, 6) is 0.824. The van der Waals surface area contributed by atoms with Gasteiger partial charge in [0.2, 0.25) is 0 Å². The van der Waals surface area contributed by atoms with Crippen LogP contribution in [0.2, 0.25) is 0 Å². The van der Waals surface area contributed by atoms with Gasteiger partial charge >= 0.3 is 6.09 Å². The smallest absolute Gasteiger partial charge is 0.409 e. The topological polar surface area (TPSA) is 59.1 Å². The first-order valence-corrected chi connectivity index (χ1v) is 8.34. The zero-order valence-electron chi connectivity index (χ0n) is 14.9. The van der Waals surface area contributed by atoms with Gasteiger partial charge in [0, 0.05) is 31.7 Å². The summed E-state index contributed by atoms with van der Waals surface area (Å²) in [6, 6.07) is 3.82. The van der Waals surface area contributed by atoms with Crippen molar-refractivity contribution in [2.75, 3.05) is 39.9 Å². The molecule has 1 saturated heterocycles. The fourth-order valence-electron chi connectivity index (χ4n) is 2.93. The third-order valence-electron chi connectivity index (χ3n) is 4.27. The molecular formula is C18H26N2O4. The van der Waals surface area contributed by atoms with E-state index in [1.165, 1.54) is 7.11 Å². The molecule has 1 aromatic carbocycles. The van der Waals surface area contributed by atoms with Crippen molar-refractivity contribution in [1.82, 2.24) is 9.80 Å². The van der Waals surface area contributed by atoms with E-state index in [-0.39, 0.29) is 12.0 Å². The van der Waals surface area contributed by atoms with Gasteiger partial charge in [0.05, 0.1) is 13.7 Å². The van der Waals surface area contributed by atoms with Crippen LogP contribution in [0.3, 0.4) is 0 Å². The summed E-state index contributed by atoms with van der Waals surface area (Å²) in [6.45, 7) is 8.67. The quantitative estimate of drug-likeness (QED) is 0.852. The fraction of sp³-hybridized carbons (Fsp3) is 0.556. The average Bonchev–Trinajstić information content (AvgIpc) is 2.83. The number of hydrogen-bond donors (Lipinski definition) is 0. The summed E-state index contributed by atoms with van der Waals surface area (Å²) in [7, 11) is 1.38. The lowest BCUT2D eigenvalue weighted by atomic mass is 10.0. The van der Waals surface area contributed by atoms with Gasteiger partial charge in [-0.25, -0.2) is 4.79 Å². The highest BCUT2D eigenvalue weighted by Gasteiger charge is 2.24. The molecule has 2 amide bonds. The largest absolute Gasteiger partial charge is 0.494 e. The van der Waals surface area contributed by atoms with Crippen molar-refractivity contribution in [2.24, 2.45) is 0 Å². The molecule has 1 heterocycles. The van der Waals surface area contributed by atoms with Crippen LogP contribution in [0.25, 0.3) is 0 Å². The van der Waals surface area contributed by atoms with Gasteiger partial charge in [-0.15, -0.1) is 0 Å². The maximum atomic E-state index is 12.9. The third kappa shape index (κ3) is 3.99. The molecule has 24 heavy (non-hydrogen) atoms. The predicted octanol–water partition coefficient (Wildman–Crippen LogP) is 2.62. The van der Waals surface area contributed by atoms with E-state index in [4.69, 9.17) is 9.47 Å². The number of aryl methyl sites for hydroxylation is 2. The van der Waals surface area contributed by atoms with Crippen molar-refractivity contribution in [3.8, 4) is 5.75 Å². The summed E-state index contributed by atoms with van der Waals surface area (Å²) in [4.78, 5) is 28.0. The van der Waals surface area contributed by atoms with Crippen molar-refractivity contribution < 1.29 is 19.1 Å². The first-order chi connectivity index (χ1) is 11.5. The SMILES string of the molecule is CCOc1cc(C)c(C(=O)N2CCCN(C(=O)OC)CC2)cc1C. The Morgan fingerprint density at radius 1 is 1.04 bits per heavy atom. The molecule has 0 aliphatic carbocycles. The molecule has 0 unspecified atom stereocenters. The lowest BCUT2D eigenvalue weighted by Gasteiger charge is -2.23. The van der Waals surface area contributed by atoms with Crippen LogP contribution in [0.15, 0.2) is 12.1 Å². The van der Waals surface area contributed by atoms with E-state index in [0.29, 0.717) is 38.3 Å². The van der Waals surface area contributed by atoms with Gasteiger partial charge in [-0.3, -0.25) is 4.79 Å². The predicted molar refractivity (Wildman–Crippen MR) is 91.6 cm³/mol. The number of methoxy groups -OCH3 is 1. The second-order valence-electron chi connectivity index (χ2n) is 5.97. The van der Waals surface area contributed by atoms with Gasteiger partial charge in [-0.05, 0) is 50.5 Å². The van der Waals surface area contributed by atoms with E-state index >= 15 is 0 Å². The Morgan fingerprint density at radius 2 is 1.71 bits per heavy atom. The van der Waals surface area contributed by atoms with Gasteiger partial charge in [-0.2, -0.15) is 0 Å². The number of ether oxygens (including phenoxy) is 2. The van der Waals surface area contributed by atoms with Crippen LogP contribution < -0.4 is 4.74 Å². The third-order valence-corrected chi connectivity index (χ3v) is 4.27. The number of carbonyl (C=O) groups is 2. The Hall–Kier alpha value is -2.24. The number of rotatable bonds is 3. The average molecular weight is 334 g/mol. The van der Waals surface area contributed by atoms with E-state index in [1.807, 2.05) is 37.8 Å². The van der Waals surface area contributed by atoms with Crippen molar-refractivity contribution >= 4 is 12.0 Å². The number of nitrogens with zero attached hydrogens (tertiary/aromatic N) is 2. The Balaban J connectivity index is 2.14. The van der Waals surface area contributed by atoms with Crippen LogP contribution in [0.4, 0.5) is 4.79 Å². The van der Waals surface area contributed by atoms with Crippen LogP contribution in [0.5, 0.6) is 5.75 Å². The Labute approximate surface area is 143 Å². The van der Waals surface area contributed by atoms with E-state index in [1.54, 1.807) is 4.90 Å². The van der Waals surface area contributed by atoms with E-state index in [9.17, 15) is 9.59 Å². The first kappa shape index (κ1) is 18.1. The molecule has 6 nitrogen and oxygen atoms in total. The summed E-state index contributed by atoms with van der Waals surface area (Å²) < 4.78 is 10.4. The highest BCUT2D eigenvalue weighted by molar-refractivity contribution is 5.96. The zero-order chi connectivity index (χ0) is 17.7. The molecule has 1 aliphatic rings. The van der Waals surface area contributed by atoms with Crippen molar-refractivity contribution in [3.05, 3.63) is 28.8 Å². The van der Waals surface area contributed by atoms with Gasteiger partial charge in [0.25, 0.3) is 5.91 Å². The molecular weight excluding hydrogens is 308 g/mol. The van der Waals surface area contributed by atoms with Crippen molar-refractivity contribution in [2.45, 2.75) is 27.2 Å². The van der Waals surface area contributed by atoms with Gasteiger partial charge in [-0.1, -0.05) is 0 Å². The second kappa shape index (κ2) is 8.04. The van der Waals surface area contributed by atoms with Crippen LogP contribution in [0, 0.1) is 13.8 Å². The molecule has 0 radical (unpaired) electrons. The summed E-state index contributed by atoms with van der Waals surface area (Å²) in [6.07, 6.45) is 0.410. The van der Waals surface area contributed by atoms with Crippen molar-refractivity contribution in [3.63, 3.8) is 0 Å². The normalized spacial score (nSPS) is 15.0. The second-order valence-corrected chi connectivity index (χ2v) is 5.97. The fourth-order valence-corrected chi connectivity index (χ4v) is 2.93. The van der Waals surface area contributed by atoms with Crippen LogP contribution in [-0.4, -0.2) is 61.7 Å². The minimum atomic E-state index is -0.336. The van der Waals surface area contributed by atoms with Crippen LogP contribution in [0.1, 0.15) is 34.8 Å². The Bertz CT molecular complexity index is 615. The van der Waals surface area contributed by atoms with E-state index in [0.717, 1.165) is 23.3 Å². The molecule has 0 aromatic heterocycles. The molecule has 6 heteroatoms. The molecule has 0 bridgehead atoms. The number of hydrogen-bond acceptors (Lipinski definition) is 4. The Kier molecular flexibility index (Phi) is 6.06. The number of amides is 2. The summed E-state index contributed by atoms with van der Waals surface area (Å²) in [5.41, 5.74) is 2.56. The summed E-state index contributed by atoms with van der Waals surface area (Å²) in [5, 5.41) is 0. The first-order valence-electron chi connectivity index (χ1n) is 8.34. The molecule has 0 spiro atoms. The molecule has 0 saturated carbocycles. The lowest BCUT2D eigenvalue weighted by Crippen LogP contribution is -2.37. The molecule has 1 aromatic rings. The maximum Gasteiger partial charge on any atom is 0.409 e. The summed E-state index contributed by atoms with van der Waals surface area (Å²) >= 11 is 0.